The second-order valence-corrected chi connectivity index (χ2v) is 2.91. The molecule has 0 unspecified atom stereocenters. The van der Waals surface area contributed by atoms with Crippen LogP contribution < -0.4 is 0 Å². The fourth-order valence-electron chi connectivity index (χ4n) is 1.20. The van der Waals surface area contributed by atoms with Gasteiger partial charge in [-0.2, -0.15) is 0 Å². The molecule has 0 saturated heterocycles. The minimum atomic E-state index is 0.248. The molecule has 0 bridgehead atoms. The molecule has 1 aromatic rings. The first-order chi connectivity index (χ1) is 5.57. The van der Waals surface area contributed by atoms with E-state index in [-0.39, 0.29) is 5.75 Å². The van der Waals surface area contributed by atoms with Crippen molar-refractivity contribution in [2.45, 2.75) is 20.8 Å². The van der Waals surface area contributed by atoms with E-state index in [1.165, 1.54) is 0 Å². The molecule has 0 atom stereocenters. The zero-order chi connectivity index (χ0) is 9.30. The van der Waals surface area contributed by atoms with Crippen molar-refractivity contribution in [1.82, 2.24) is 0 Å². The molecule has 12 heavy (non-hydrogen) atoms. The molecule has 3 heteroatoms. The van der Waals surface area contributed by atoms with Crippen LogP contribution in [-0.4, -0.2) is 5.11 Å². The van der Waals surface area contributed by atoms with E-state index in [0.717, 1.165) is 16.7 Å². The van der Waals surface area contributed by atoms with Gasteiger partial charge in [0.25, 0.3) is 0 Å². The molecule has 0 saturated carbocycles. The Morgan fingerprint density at radius 2 is 1.83 bits per heavy atom. The van der Waals surface area contributed by atoms with Crippen LogP contribution in [-0.2, 0) is 0 Å². The normalized spacial score (nSPS) is 9.50. The molecule has 0 aliphatic rings. The van der Waals surface area contributed by atoms with Gasteiger partial charge in [0, 0.05) is 11.1 Å². The van der Waals surface area contributed by atoms with Crippen LogP contribution in [0.25, 0.3) is 4.98 Å². The predicted molar refractivity (Wildman–Crippen MR) is 47.1 cm³/mol. The van der Waals surface area contributed by atoms with Crippen LogP contribution in [0.5, 0.6) is 5.75 Å². The smallest absolute Gasteiger partial charge is 0.391 e. The maximum Gasteiger partial charge on any atom is 0.391 e. The fraction of sp³-hybridized carbons (Fsp3) is 0.333. The van der Waals surface area contributed by atoms with Crippen molar-refractivity contribution in [3.8, 4) is 5.75 Å². The number of benzene rings is 1. The van der Waals surface area contributed by atoms with E-state index in [4.69, 9.17) is 5.39 Å². The molecule has 62 valence electrons. The quantitative estimate of drug-likeness (QED) is 0.598. The summed E-state index contributed by atoms with van der Waals surface area (Å²) in [5.74, 6) is 0.248. The van der Waals surface area contributed by atoms with Gasteiger partial charge in [0.05, 0.1) is 5.56 Å². The average molecular weight is 163 g/mol. The van der Waals surface area contributed by atoms with Crippen molar-refractivity contribution in [3.05, 3.63) is 27.7 Å². The van der Waals surface area contributed by atoms with Gasteiger partial charge >= 0.3 is 5.69 Å². The first-order valence-corrected chi connectivity index (χ1v) is 3.72. The lowest BCUT2D eigenvalue weighted by Crippen LogP contribution is -1.85. The summed E-state index contributed by atoms with van der Waals surface area (Å²) in [6, 6.07) is 1.59. The predicted octanol–water partition coefficient (Wildman–Crippen LogP) is 2.80. The van der Waals surface area contributed by atoms with Crippen LogP contribution >= 0.6 is 0 Å². The highest BCUT2D eigenvalue weighted by Crippen LogP contribution is 2.32. The third-order valence-corrected chi connectivity index (χ3v) is 2.13. The molecule has 0 aromatic heterocycles. The standard InChI is InChI=1S/C9H10N2O/c1-5-4-8(12)6(2)7(3)9(5)11-10/h4H,1-3H3/p+1. The number of hydrogen-bond acceptors (Lipinski definition) is 2. The van der Waals surface area contributed by atoms with Crippen LogP contribution in [0.3, 0.4) is 0 Å². The number of hydrogen-bond donors (Lipinski definition) is 1. The highest BCUT2D eigenvalue weighted by Gasteiger charge is 2.18. The third-order valence-electron chi connectivity index (χ3n) is 2.13. The summed E-state index contributed by atoms with van der Waals surface area (Å²) < 4.78 is 0. The molecule has 0 amide bonds. The second kappa shape index (κ2) is 2.82. The van der Waals surface area contributed by atoms with Gasteiger partial charge in [0.2, 0.25) is 5.39 Å². The van der Waals surface area contributed by atoms with Gasteiger partial charge in [-0.25, -0.2) is 0 Å². The summed E-state index contributed by atoms with van der Waals surface area (Å²) in [5.41, 5.74) is 2.90. The lowest BCUT2D eigenvalue weighted by Gasteiger charge is -2.00. The van der Waals surface area contributed by atoms with E-state index in [9.17, 15) is 5.11 Å². The number of rotatable bonds is 0. The van der Waals surface area contributed by atoms with Gasteiger partial charge < -0.3 is 5.11 Å². The fourth-order valence-corrected chi connectivity index (χ4v) is 1.20. The van der Waals surface area contributed by atoms with Crippen LogP contribution in [0.2, 0.25) is 0 Å². The molecule has 1 aromatic carbocycles. The number of aromatic hydroxyl groups is 1. The summed E-state index contributed by atoms with van der Waals surface area (Å²) in [7, 11) is 0. The maximum atomic E-state index is 9.38. The molecule has 1 rings (SSSR count). The molecule has 1 N–H and O–H groups in total. The molecule has 0 aliphatic carbocycles. The van der Waals surface area contributed by atoms with Gasteiger partial charge in [-0.15, -0.1) is 0 Å². The van der Waals surface area contributed by atoms with Crippen LogP contribution in [0, 0.1) is 26.2 Å². The number of phenols is 1. The maximum absolute atomic E-state index is 9.38. The van der Waals surface area contributed by atoms with E-state index in [2.05, 4.69) is 4.98 Å². The van der Waals surface area contributed by atoms with Crippen molar-refractivity contribution < 1.29 is 5.11 Å². The highest BCUT2D eigenvalue weighted by atomic mass is 16.3. The molecule has 0 fully saturated rings. The van der Waals surface area contributed by atoms with Gasteiger partial charge in [-0.05, 0) is 26.8 Å². The number of nitrogens with zero attached hydrogens (tertiary/aromatic N) is 2. The SMILES string of the molecule is Cc1cc(O)c(C)c(C)c1[N+]#N. The van der Waals surface area contributed by atoms with Crippen LogP contribution in [0.15, 0.2) is 6.07 Å². The Hall–Kier alpha value is -1.56. The topological polar surface area (TPSA) is 48.4 Å². The monoisotopic (exact) mass is 163 g/mol. The summed E-state index contributed by atoms with van der Waals surface area (Å²) >= 11 is 0. The average Bonchev–Trinajstić information content (AvgIpc) is 2.01. The Kier molecular flexibility index (Phi) is 2.01. The van der Waals surface area contributed by atoms with Crippen LogP contribution in [0.4, 0.5) is 5.69 Å². The largest absolute Gasteiger partial charge is 0.508 e. The first kappa shape index (κ1) is 8.54. The lowest BCUT2D eigenvalue weighted by atomic mass is 10.0. The van der Waals surface area contributed by atoms with Crippen molar-refractivity contribution in [2.24, 2.45) is 0 Å². The zero-order valence-electron chi connectivity index (χ0n) is 7.42. The van der Waals surface area contributed by atoms with Gasteiger partial charge in [0.15, 0.2) is 4.98 Å². The van der Waals surface area contributed by atoms with E-state index in [1.807, 2.05) is 6.92 Å². The Bertz CT molecular complexity index is 364. The van der Waals surface area contributed by atoms with Crippen LogP contribution in [0.1, 0.15) is 16.7 Å². The Morgan fingerprint density at radius 1 is 1.25 bits per heavy atom. The molecule has 3 nitrogen and oxygen atoms in total. The molecule has 0 aliphatic heterocycles. The lowest BCUT2D eigenvalue weighted by molar-refractivity contribution is 0.470. The van der Waals surface area contributed by atoms with E-state index < -0.39 is 0 Å². The molecule has 0 radical (unpaired) electrons. The first-order valence-electron chi connectivity index (χ1n) is 3.72. The summed E-state index contributed by atoms with van der Waals surface area (Å²) in [5, 5.41) is 18.0. The second-order valence-electron chi connectivity index (χ2n) is 2.91. The van der Waals surface area contributed by atoms with Gasteiger partial charge in [-0.3, -0.25) is 0 Å². The molecular weight excluding hydrogens is 152 g/mol. The summed E-state index contributed by atoms with van der Waals surface area (Å²) in [4.78, 5) is 3.16. The summed E-state index contributed by atoms with van der Waals surface area (Å²) in [6.45, 7) is 5.40. The van der Waals surface area contributed by atoms with Crippen molar-refractivity contribution >= 4 is 5.69 Å². The Morgan fingerprint density at radius 3 is 2.33 bits per heavy atom. The zero-order valence-corrected chi connectivity index (χ0v) is 7.42. The highest BCUT2D eigenvalue weighted by molar-refractivity contribution is 5.63. The Labute approximate surface area is 71.3 Å². The van der Waals surface area contributed by atoms with Crippen molar-refractivity contribution in [2.75, 3.05) is 0 Å². The third kappa shape index (κ3) is 1.12. The number of phenolic OH excluding ortho intramolecular Hbond substituents is 1. The number of aryl methyl sites for hydroxylation is 1. The Balaban J connectivity index is 3.54. The van der Waals surface area contributed by atoms with Gasteiger partial charge in [-0.1, -0.05) is 0 Å². The van der Waals surface area contributed by atoms with Crippen molar-refractivity contribution in [1.29, 1.82) is 5.39 Å². The van der Waals surface area contributed by atoms with E-state index >= 15 is 0 Å². The molecule has 0 heterocycles. The van der Waals surface area contributed by atoms with E-state index in [1.54, 1.807) is 19.9 Å². The minimum Gasteiger partial charge on any atom is -0.508 e. The number of diazo groups is 1. The minimum absolute atomic E-state index is 0.248. The van der Waals surface area contributed by atoms with Gasteiger partial charge in [0.1, 0.15) is 5.75 Å². The molecular formula is C9H11N2O+. The van der Waals surface area contributed by atoms with Crippen molar-refractivity contribution in [3.63, 3.8) is 0 Å². The summed E-state index contributed by atoms with van der Waals surface area (Å²) in [6.07, 6.45) is 0. The molecule has 0 spiro atoms. The van der Waals surface area contributed by atoms with E-state index in [0.29, 0.717) is 5.69 Å².